The average molecular weight is 358 g/mol. The van der Waals surface area contributed by atoms with Crippen molar-refractivity contribution in [1.82, 2.24) is 9.55 Å². The minimum Gasteiger partial charge on any atom is -0.466 e. The first-order valence-electron chi connectivity index (χ1n) is 8.65. The van der Waals surface area contributed by atoms with Crippen LogP contribution in [0, 0.1) is 28.6 Å². The van der Waals surface area contributed by atoms with Crippen molar-refractivity contribution in [2.24, 2.45) is 5.92 Å². The van der Waals surface area contributed by atoms with Crippen LogP contribution in [0.1, 0.15) is 23.6 Å². The van der Waals surface area contributed by atoms with Crippen LogP contribution in [0.15, 0.2) is 48.8 Å². The summed E-state index contributed by atoms with van der Waals surface area (Å²) in [5.74, 6) is -0.692. The Labute approximate surface area is 157 Å². The summed E-state index contributed by atoms with van der Waals surface area (Å²) in [7, 11) is 0. The Hall–Kier alpha value is -3.64. The Bertz CT molecular complexity index is 1060. The molecule has 0 aliphatic rings. The van der Waals surface area contributed by atoms with Crippen molar-refractivity contribution in [3.05, 3.63) is 65.5 Å². The molecule has 0 amide bonds. The molecule has 134 valence electrons. The summed E-state index contributed by atoms with van der Waals surface area (Å²) in [5, 5.41) is 18.1. The van der Waals surface area contributed by atoms with Crippen LogP contribution < -0.4 is 0 Å². The van der Waals surface area contributed by atoms with Gasteiger partial charge in [-0.05, 0) is 49.2 Å². The monoisotopic (exact) mass is 358 g/mol. The van der Waals surface area contributed by atoms with Crippen LogP contribution in [0.3, 0.4) is 0 Å². The lowest BCUT2D eigenvalue weighted by molar-refractivity contribution is -0.148. The lowest BCUT2D eigenvalue weighted by Crippen LogP contribution is -2.25. The zero-order valence-corrected chi connectivity index (χ0v) is 14.9. The fourth-order valence-electron chi connectivity index (χ4n) is 3.05. The van der Waals surface area contributed by atoms with Gasteiger partial charge >= 0.3 is 5.97 Å². The number of hydrogen-bond acceptors (Lipinski definition) is 5. The largest absolute Gasteiger partial charge is 0.466 e. The van der Waals surface area contributed by atoms with Gasteiger partial charge in [0.15, 0.2) is 0 Å². The predicted octanol–water partition coefficient (Wildman–Crippen LogP) is 3.20. The molecule has 1 atom stereocenters. The molecular formula is C21H18N4O2. The first-order chi connectivity index (χ1) is 13.1. The number of rotatable bonds is 6. The lowest BCUT2D eigenvalue weighted by Gasteiger charge is -2.17. The van der Waals surface area contributed by atoms with Crippen LogP contribution in [0.4, 0.5) is 0 Å². The minimum absolute atomic E-state index is 0.282. The molecule has 0 N–H and O–H groups in total. The van der Waals surface area contributed by atoms with Crippen LogP contribution in [-0.2, 0) is 22.5 Å². The van der Waals surface area contributed by atoms with Crippen molar-refractivity contribution >= 4 is 17.0 Å². The number of imidazole rings is 1. The average Bonchev–Trinajstić information content (AvgIpc) is 3.09. The molecule has 6 heteroatoms. The molecule has 3 aromatic rings. The second-order valence-electron chi connectivity index (χ2n) is 6.18. The van der Waals surface area contributed by atoms with Crippen LogP contribution in [0.25, 0.3) is 11.0 Å². The normalized spacial score (nSPS) is 11.5. The molecule has 0 bridgehead atoms. The summed E-state index contributed by atoms with van der Waals surface area (Å²) < 4.78 is 7.14. The van der Waals surface area contributed by atoms with E-state index in [4.69, 9.17) is 15.3 Å². The van der Waals surface area contributed by atoms with Crippen molar-refractivity contribution in [3.63, 3.8) is 0 Å². The zero-order chi connectivity index (χ0) is 19.2. The molecule has 0 fully saturated rings. The van der Waals surface area contributed by atoms with E-state index in [1.165, 1.54) is 0 Å². The van der Waals surface area contributed by atoms with Crippen molar-refractivity contribution in [1.29, 1.82) is 10.5 Å². The SMILES string of the molecule is CCOC(=O)C(Cc1cccc(C#N)c1)Cn1cnc2cc(C#N)ccc21. The van der Waals surface area contributed by atoms with Gasteiger partial charge in [-0.25, -0.2) is 4.98 Å². The molecule has 27 heavy (non-hydrogen) atoms. The Morgan fingerprint density at radius 1 is 1.19 bits per heavy atom. The summed E-state index contributed by atoms with van der Waals surface area (Å²) >= 11 is 0. The highest BCUT2D eigenvalue weighted by atomic mass is 16.5. The third-order valence-electron chi connectivity index (χ3n) is 4.33. The van der Waals surface area contributed by atoms with Crippen molar-refractivity contribution in [2.45, 2.75) is 19.9 Å². The molecule has 0 spiro atoms. The highest BCUT2D eigenvalue weighted by molar-refractivity contribution is 5.78. The quantitative estimate of drug-likeness (QED) is 0.631. The summed E-state index contributed by atoms with van der Waals surface area (Å²) in [5.41, 5.74) is 3.58. The number of fused-ring (bicyclic) bond motifs is 1. The van der Waals surface area contributed by atoms with Crippen molar-refractivity contribution in [3.8, 4) is 12.1 Å². The molecule has 6 nitrogen and oxygen atoms in total. The second-order valence-corrected chi connectivity index (χ2v) is 6.18. The van der Waals surface area contributed by atoms with Gasteiger partial charge in [0.2, 0.25) is 0 Å². The maximum Gasteiger partial charge on any atom is 0.311 e. The zero-order valence-electron chi connectivity index (χ0n) is 14.9. The summed E-state index contributed by atoms with van der Waals surface area (Å²) in [6, 6.07) is 16.7. The van der Waals surface area contributed by atoms with E-state index in [0.29, 0.717) is 36.2 Å². The van der Waals surface area contributed by atoms with E-state index in [1.54, 1.807) is 37.5 Å². The predicted molar refractivity (Wildman–Crippen MR) is 99.4 cm³/mol. The number of nitriles is 2. The molecule has 0 aliphatic carbocycles. The third kappa shape index (κ3) is 4.13. The van der Waals surface area contributed by atoms with Gasteiger partial charge in [0, 0.05) is 6.54 Å². The fraction of sp³-hybridized carbons (Fsp3) is 0.238. The number of benzene rings is 2. The third-order valence-corrected chi connectivity index (χ3v) is 4.33. The fourth-order valence-corrected chi connectivity index (χ4v) is 3.05. The van der Waals surface area contributed by atoms with E-state index in [9.17, 15) is 4.79 Å². The Kier molecular flexibility index (Phi) is 5.49. The van der Waals surface area contributed by atoms with Gasteiger partial charge in [-0.1, -0.05) is 12.1 Å². The van der Waals surface area contributed by atoms with Crippen molar-refractivity contribution < 1.29 is 9.53 Å². The first kappa shape index (κ1) is 18.2. The Balaban J connectivity index is 1.89. The van der Waals surface area contributed by atoms with Gasteiger partial charge in [0.1, 0.15) is 0 Å². The topological polar surface area (TPSA) is 91.7 Å². The molecule has 0 saturated heterocycles. The van der Waals surface area contributed by atoms with E-state index >= 15 is 0 Å². The van der Waals surface area contributed by atoms with E-state index < -0.39 is 5.92 Å². The summed E-state index contributed by atoms with van der Waals surface area (Å²) in [6.45, 7) is 2.49. The number of carbonyl (C=O) groups excluding carboxylic acids is 1. The van der Waals surface area contributed by atoms with Gasteiger partial charge < -0.3 is 9.30 Å². The number of carbonyl (C=O) groups is 1. The van der Waals surface area contributed by atoms with E-state index in [0.717, 1.165) is 11.1 Å². The highest BCUT2D eigenvalue weighted by Crippen LogP contribution is 2.19. The van der Waals surface area contributed by atoms with Gasteiger partial charge in [-0.3, -0.25) is 4.79 Å². The molecule has 0 saturated carbocycles. The number of ether oxygens (including phenoxy) is 1. The Morgan fingerprint density at radius 2 is 1.96 bits per heavy atom. The minimum atomic E-state index is -0.410. The second kappa shape index (κ2) is 8.16. The van der Waals surface area contributed by atoms with Crippen molar-refractivity contribution in [2.75, 3.05) is 6.61 Å². The molecule has 0 radical (unpaired) electrons. The summed E-state index contributed by atoms with van der Waals surface area (Å²) in [6.07, 6.45) is 2.13. The van der Waals surface area contributed by atoms with Crippen LogP contribution in [0.5, 0.6) is 0 Å². The number of nitrogens with zero attached hydrogens (tertiary/aromatic N) is 4. The molecule has 2 aromatic carbocycles. The van der Waals surface area contributed by atoms with Crippen LogP contribution >= 0.6 is 0 Å². The van der Waals surface area contributed by atoms with Crippen LogP contribution in [0.2, 0.25) is 0 Å². The number of hydrogen-bond donors (Lipinski definition) is 0. The van der Waals surface area contributed by atoms with E-state index in [2.05, 4.69) is 17.1 Å². The van der Waals surface area contributed by atoms with E-state index in [-0.39, 0.29) is 5.97 Å². The molecular weight excluding hydrogens is 340 g/mol. The number of aromatic nitrogens is 2. The standard InChI is InChI=1S/C21H18N4O2/c1-2-27-21(26)18(9-15-4-3-5-16(8-15)11-22)13-25-14-24-19-10-17(12-23)6-7-20(19)25/h3-8,10,14,18H,2,9,13H2,1H3. The maximum absolute atomic E-state index is 12.5. The molecule has 0 aliphatic heterocycles. The molecule has 1 unspecified atom stereocenters. The van der Waals surface area contributed by atoms with Gasteiger partial charge in [0.25, 0.3) is 0 Å². The van der Waals surface area contributed by atoms with Gasteiger partial charge in [-0.15, -0.1) is 0 Å². The molecule has 3 rings (SSSR count). The van der Waals surface area contributed by atoms with E-state index in [1.807, 2.05) is 22.8 Å². The van der Waals surface area contributed by atoms with Gasteiger partial charge in [-0.2, -0.15) is 10.5 Å². The lowest BCUT2D eigenvalue weighted by atomic mass is 9.98. The smallest absolute Gasteiger partial charge is 0.311 e. The van der Waals surface area contributed by atoms with Gasteiger partial charge in [0.05, 0.1) is 53.2 Å². The molecule has 1 aromatic heterocycles. The maximum atomic E-state index is 12.5. The molecule has 1 heterocycles. The summed E-state index contributed by atoms with van der Waals surface area (Å²) in [4.78, 5) is 16.8. The number of esters is 1. The van der Waals surface area contributed by atoms with Crippen LogP contribution in [-0.4, -0.2) is 22.1 Å². The Morgan fingerprint density at radius 3 is 2.70 bits per heavy atom. The first-order valence-corrected chi connectivity index (χ1v) is 8.65. The highest BCUT2D eigenvalue weighted by Gasteiger charge is 2.22.